The molecule has 0 spiro atoms. The second-order valence-electron chi connectivity index (χ2n) is 4.61. The van der Waals surface area contributed by atoms with Crippen LogP contribution in [0.5, 0.6) is 0 Å². The number of hydrogen-bond acceptors (Lipinski definition) is 4. The number of carbonyl (C=O) groups is 1. The fraction of sp³-hybridized carbons (Fsp3) is 0.462. The zero-order chi connectivity index (χ0) is 14.8. The molecule has 0 radical (unpaired) electrons. The summed E-state index contributed by atoms with van der Waals surface area (Å²) in [6, 6.07) is 5.90. The number of amides is 1. The van der Waals surface area contributed by atoms with Gasteiger partial charge in [0.25, 0.3) is 0 Å². The molecule has 0 bridgehead atoms. The van der Waals surface area contributed by atoms with Crippen molar-refractivity contribution < 1.29 is 13.2 Å². The fourth-order valence-electron chi connectivity index (χ4n) is 2.30. The van der Waals surface area contributed by atoms with Crippen molar-refractivity contribution in [2.24, 2.45) is 0 Å². The molecule has 20 heavy (non-hydrogen) atoms. The van der Waals surface area contributed by atoms with Gasteiger partial charge in [0, 0.05) is 25.8 Å². The average Bonchev–Trinajstić information content (AvgIpc) is 2.47. The predicted molar refractivity (Wildman–Crippen MR) is 77.0 cm³/mol. The van der Waals surface area contributed by atoms with Gasteiger partial charge in [-0.25, -0.2) is 8.42 Å². The Balaban J connectivity index is 2.34. The van der Waals surface area contributed by atoms with Gasteiger partial charge in [-0.2, -0.15) is 4.31 Å². The molecule has 1 unspecified atom stereocenters. The van der Waals surface area contributed by atoms with Crippen LogP contribution < -0.4 is 10.6 Å². The molecular formula is C13H19N3O3S. The van der Waals surface area contributed by atoms with Crippen LogP contribution in [-0.4, -0.2) is 44.8 Å². The molecule has 1 aromatic carbocycles. The number of benzene rings is 1. The third kappa shape index (κ3) is 2.64. The van der Waals surface area contributed by atoms with Crippen LogP contribution in [-0.2, 0) is 14.8 Å². The molecule has 0 aliphatic carbocycles. The van der Waals surface area contributed by atoms with Gasteiger partial charge < -0.3 is 10.6 Å². The van der Waals surface area contributed by atoms with E-state index in [1.165, 1.54) is 4.31 Å². The maximum Gasteiger partial charge on any atom is 0.243 e. The number of anilines is 1. The van der Waals surface area contributed by atoms with Gasteiger partial charge >= 0.3 is 0 Å². The molecule has 1 amide bonds. The van der Waals surface area contributed by atoms with E-state index in [2.05, 4.69) is 10.6 Å². The zero-order valence-electron chi connectivity index (χ0n) is 11.6. The number of nitrogens with zero attached hydrogens (tertiary/aromatic N) is 1. The molecule has 1 fully saturated rings. The topological polar surface area (TPSA) is 78.5 Å². The van der Waals surface area contributed by atoms with E-state index in [0.717, 1.165) is 5.69 Å². The van der Waals surface area contributed by atoms with Crippen molar-refractivity contribution in [1.82, 2.24) is 9.62 Å². The Morgan fingerprint density at radius 2 is 2.00 bits per heavy atom. The molecule has 1 aliphatic rings. The van der Waals surface area contributed by atoms with Crippen molar-refractivity contribution in [2.75, 3.05) is 25.5 Å². The van der Waals surface area contributed by atoms with E-state index in [-0.39, 0.29) is 10.8 Å². The van der Waals surface area contributed by atoms with Crippen molar-refractivity contribution in [3.05, 3.63) is 24.3 Å². The Morgan fingerprint density at radius 1 is 1.35 bits per heavy atom. The molecule has 0 saturated carbocycles. The van der Waals surface area contributed by atoms with E-state index >= 15 is 0 Å². The summed E-state index contributed by atoms with van der Waals surface area (Å²) < 4.78 is 26.5. The van der Waals surface area contributed by atoms with Crippen LogP contribution in [0, 0.1) is 0 Å². The smallest absolute Gasteiger partial charge is 0.243 e. The second kappa shape index (κ2) is 5.80. The maximum atomic E-state index is 12.6. The third-order valence-electron chi connectivity index (χ3n) is 3.42. The molecule has 1 heterocycles. The Labute approximate surface area is 119 Å². The van der Waals surface area contributed by atoms with Gasteiger partial charge in [-0.1, -0.05) is 6.92 Å². The highest BCUT2D eigenvalue weighted by Crippen LogP contribution is 2.22. The summed E-state index contributed by atoms with van der Waals surface area (Å²) in [5.41, 5.74) is 0.840. The number of piperazine rings is 1. The van der Waals surface area contributed by atoms with E-state index in [1.54, 1.807) is 31.3 Å². The molecule has 1 saturated heterocycles. The summed E-state index contributed by atoms with van der Waals surface area (Å²) in [7, 11) is -1.87. The Hall–Kier alpha value is -1.60. The summed E-state index contributed by atoms with van der Waals surface area (Å²) in [6.07, 6.45) is 0.458. The van der Waals surface area contributed by atoms with Gasteiger partial charge in [0.1, 0.15) is 6.04 Å². The highest BCUT2D eigenvalue weighted by Gasteiger charge is 2.37. The SMILES string of the molecule is CCC1C(=O)NCCN1S(=O)(=O)c1ccc(NC)cc1. The summed E-state index contributed by atoms with van der Waals surface area (Å²) in [5.74, 6) is -0.228. The van der Waals surface area contributed by atoms with Crippen LogP contribution in [0.25, 0.3) is 0 Å². The van der Waals surface area contributed by atoms with Crippen molar-refractivity contribution in [2.45, 2.75) is 24.3 Å². The van der Waals surface area contributed by atoms with Gasteiger partial charge in [0.15, 0.2) is 0 Å². The monoisotopic (exact) mass is 297 g/mol. The van der Waals surface area contributed by atoms with Gasteiger partial charge in [-0.05, 0) is 30.7 Å². The normalized spacial score (nSPS) is 20.5. The largest absolute Gasteiger partial charge is 0.388 e. The maximum absolute atomic E-state index is 12.6. The molecule has 1 aliphatic heterocycles. The van der Waals surface area contributed by atoms with Crippen LogP contribution in [0.1, 0.15) is 13.3 Å². The first-order chi connectivity index (χ1) is 9.50. The Bertz CT molecular complexity index is 583. The van der Waals surface area contributed by atoms with Crippen LogP contribution >= 0.6 is 0 Å². The standard InChI is InChI=1S/C13H19N3O3S/c1-3-12-13(17)15-8-9-16(12)20(18,19)11-6-4-10(14-2)5-7-11/h4-7,12,14H,3,8-9H2,1-2H3,(H,15,17). The molecule has 2 rings (SSSR count). The van der Waals surface area contributed by atoms with Crippen LogP contribution in [0.3, 0.4) is 0 Å². The van der Waals surface area contributed by atoms with Crippen molar-refractivity contribution in [3.8, 4) is 0 Å². The lowest BCUT2D eigenvalue weighted by Crippen LogP contribution is -2.56. The first-order valence-corrected chi connectivity index (χ1v) is 8.02. The number of nitrogens with one attached hydrogen (secondary N) is 2. The number of carbonyl (C=O) groups excluding carboxylic acids is 1. The molecule has 0 aromatic heterocycles. The summed E-state index contributed by atoms with van der Waals surface area (Å²) in [4.78, 5) is 12.0. The summed E-state index contributed by atoms with van der Waals surface area (Å²) >= 11 is 0. The van der Waals surface area contributed by atoms with Crippen LogP contribution in [0.15, 0.2) is 29.2 Å². The zero-order valence-corrected chi connectivity index (χ0v) is 12.4. The van der Waals surface area contributed by atoms with E-state index in [0.29, 0.717) is 19.5 Å². The summed E-state index contributed by atoms with van der Waals surface area (Å²) in [5, 5.41) is 5.64. The first-order valence-electron chi connectivity index (χ1n) is 6.58. The molecule has 2 N–H and O–H groups in total. The average molecular weight is 297 g/mol. The minimum Gasteiger partial charge on any atom is -0.388 e. The Kier molecular flexibility index (Phi) is 4.29. The van der Waals surface area contributed by atoms with Crippen LogP contribution in [0.4, 0.5) is 5.69 Å². The van der Waals surface area contributed by atoms with Crippen molar-refractivity contribution >= 4 is 21.6 Å². The van der Waals surface area contributed by atoms with Gasteiger partial charge in [0.2, 0.25) is 15.9 Å². The number of rotatable bonds is 4. The molecule has 1 aromatic rings. The lowest BCUT2D eigenvalue weighted by Gasteiger charge is -2.33. The minimum absolute atomic E-state index is 0.213. The van der Waals surface area contributed by atoms with Gasteiger partial charge in [-0.15, -0.1) is 0 Å². The minimum atomic E-state index is -3.64. The Morgan fingerprint density at radius 3 is 2.55 bits per heavy atom. The molecule has 110 valence electrons. The van der Waals surface area contributed by atoms with E-state index in [9.17, 15) is 13.2 Å². The summed E-state index contributed by atoms with van der Waals surface area (Å²) in [6.45, 7) is 2.46. The lowest BCUT2D eigenvalue weighted by molar-refractivity contribution is -0.126. The molecule has 7 heteroatoms. The van der Waals surface area contributed by atoms with Gasteiger partial charge in [0.05, 0.1) is 4.90 Å². The molecule has 6 nitrogen and oxygen atoms in total. The van der Waals surface area contributed by atoms with Crippen molar-refractivity contribution in [3.63, 3.8) is 0 Å². The second-order valence-corrected chi connectivity index (χ2v) is 6.50. The highest BCUT2D eigenvalue weighted by atomic mass is 32.2. The number of sulfonamides is 1. The molecular weight excluding hydrogens is 278 g/mol. The first kappa shape index (κ1) is 14.8. The highest BCUT2D eigenvalue weighted by molar-refractivity contribution is 7.89. The predicted octanol–water partition coefficient (Wildman–Crippen LogP) is 0.627. The van der Waals surface area contributed by atoms with Crippen molar-refractivity contribution in [1.29, 1.82) is 0 Å². The quantitative estimate of drug-likeness (QED) is 0.854. The van der Waals surface area contributed by atoms with Gasteiger partial charge in [-0.3, -0.25) is 4.79 Å². The number of hydrogen-bond donors (Lipinski definition) is 2. The van der Waals surface area contributed by atoms with Crippen LogP contribution in [0.2, 0.25) is 0 Å². The third-order valence-corrected chi connectivity index (χ3v) is 5.34. The van der Waals surface area contributed by atoms with E-state index in [4.69, 9.17) is 0 Å². The lowest BCUT2D eigenvalue weighted by atomic mass is 10.2. The fourth-order valence-corrected chi connectivity index (χ4v) is 3.96. The van der Waals surface area contributed by atoms with E-state index in [1.807, 2.05) is 6.92 Å². The van der Waals surface area contributed by atoms with E-state index < -0.39 is 16.1 Å². The molecule has 1 atom stereocenters.